The molecule has 0 bridgehead atoms. The summed E-state index contributed by atoms with van der Waals surface area (Å²) in [5.74, 6) is 0. The van der Waals surface area contributed by atoms with Crippen molar-refractivity contribution in [2.24, 2.45) is 10.8 Å². The topological polar surface area (TPSA) is 102 Å². The molecule has 2 N–H and O–H groups in total. The summed E-state index contributed by atoms with van der Waals surface area (Å²) in [6.07, 6.45) is 3.07. The maximum absolute atomic E-state index is 12.7. The number of nitrogens with one attached hydrogen (secondary N) is 2. The van der Waals surface area contributed by atoms with Crippen LogP contribution in [0.15, 0.2) is 0 Å². The SMILES string of the molecule is C[Si]CCCN(C)C(=O)NC1CC(C)(C)CC(C)(CNC(=O)OC(C)COC(C)COCC2CO2)C1. The van der Waals surface area contributed by atoms with Crippen LogP contribution < -0.4 is 10.6 Å². The number of alkyl carbamates (subject to hydrolysis) is 1. The van der Waals surface area contributed by atoms with Gasteiger partial charge in [-0.05, 0) is 50.4 Å². The van der Waals surface area contributed by atoms with Gasteiger partial charge in [-0.25, -0.2) is 9.59 Å². The molecule has 2 rings (SSSR count). The Morgan fingerprint density at radius 2 is 1.89 bits per heavy atom. The quantitative estimate of drug-likeness (QED) is 0.191. The fourth-order valence-electron chi connectivity index (χ4n) is 5.17. The highest BCUT2D eigenvalue weighted by Gasteiger charge is 2.42. The van der Waals surface area contributed by atoms with Crippen molar-refractivity contribution in [1.29, 1.82) is 0 Å². The standard InChI is InChI=1S/C26H49N3O6Si/c1-19(13-32-15-22-16-34-22)33-14-20(2)35-24(31)27-18-26(5)12-21(11-25(3,4)17-26)28-23(30)29(6)9-8-10-36-7/h19-22H,8-18H2,1-7H3,(H,27,31)(H,28,30). The van der Waals surface area contributed by atoms with Crippen molar-refractivity contribution in [2.45, 2.75) is 97.2 Å². The molecular formula is C26H49N3O6Si. The average Bonchev–Trinajstić information content (AvgIpc) is 3.59. The van der Waals surface area contributed by atoms with Crippen LogP contribution in [0.3, 0.4) is 0 Å². The summed E-state index contributed by atoms with van der Waals surface area (Å²) in [6.45, 7) is 16.0. The maximum atomic E-state index is 12.7. The molecule has 2 radical (unpaired) electrons. The van der Waals surface area contributed by atoms with E-state index in [-0.39, 0.29) is 41.2 Å². The van der Waals surface area contributed by atoms with Crippen LogP contribution in [0, 0.1) is 10.8 Å². The number of rotatable bonds is 15. The molecule has 9 nitrogen and oxygen atoms in total. The first-order valence-electron chi connectivity index (χ1n) is 13.3. The zero-order valence-electron chi connectivity index (χ0n) is 23.5. The fraction of sp³-hybridized carbons (Fsp3) is 0.923. The van der Waals surface area contributed by atoms with E-state index in [4.69, 9.17) is 18.9 Å². The Balaban J connectivity index is 1.73. The smallest absolute Gasteiger partial charge is 0.407 e. The number of nitrogens with zero attached hydrogens (tertiary/aromatic N) is 1. The molecule has 0 spiro atoms. The summed E-state index contributed by atoms with van der Waals surface area (Å²) < 4.78 is 21.9. The molecule has 36 heavy (non-hydrogen) atoms. The Morgan fingerprint density at radius 3 is 2.56 bits per heavy atom. The van der Waals surface area contributed by atoms with Gasteiger partial charge in [-0.3, -0.25) is 0 Å². The van der Waals surface area contributed by atoms with Gasteiger partial charge in [0.1, 0.15) is 12.2 Å². The molecule has 2 fully saturated rings. The van der Waals surface area contributed by atoms with Crippen LogP contribution in [0.5, 0.6) is 0 Å². The minimum atomic E-state index is -0.442. The van der Waals surface area contributed by atoms with Gasteiger partial charge in [0.15, 0.2) is 0 Å². The summed E-state index contributed by atoms with van der Waals surface area (Å²) >= 11 is 0. The Kier molecular flexibility index (Phi) is 12.5. The molecule has 5 unspecified atom stereocenters. The zero-order chi connectivity index (χ0) is 26.8. The van der Waals surface area contributed by atoms with Gasteiger partial charge in [0.25, 0.3) is 0 Å². The van der Waals surface area contributed by atoms with E-state index in [0.717, 1.165) is 54.4 Å². The highest BCUT2D eigenvalue weighted by molar-refractivity contribution is 6.33. The number of carbonyl (C=O) groups is 2. The molecule has 1 aliphatic carbocycles. The van der Waals surface area contributed by atoms with Crippen molar-refractivity contribution in [3.8, 4) is 0 Å². The molecular weight excluding hydrogens is 478 g/mol. The monoisotopic (exact) mass is 527 g/mol. The number of ether oxygens (including phenoxy) is 4. The largest absolute Gasteiger partial charge is 0.444 e. The number of urea groups is 1. The van der Waals surface area contributed by atoms with E-state index in [2.05, 4.69) is 38.0 Å². The van der Waals surface area contributed by atoms with Crippen LogP contribution in [0.4, 0.5) is 9.59 Å². The zero-order valence-corrected chi connectivity index (χ0v) is 24.5. The van der Waals surface area contributed by atoms with E-state index in [1.54, 1.807) is 4.90 Å². The number of amides is 3. The third-order valence-electron chi connectivity index (χ3n) is 6.68. The third kappa shape index (κ3) is 12.3. The lowest BCUT2D eigenvalue weighted by Crippen LogP contribution is -2.52. The van der Waals surface area contributed by atoms with E-state index >= 15 is 0 Å². The van der Waals surface area contributed by atoms with Crippen molar-refractivity contribution in [3.63, 3.8) is 0 Å². The normalized spacial score (nSPS) is 26.5. The minimum Gasteiger partial charge on any atom is -0.444 e. The molecule has 2 aliphatic rings. The van der Waals surface area contributed by atoms with Gasteiger partial charge in [0.05, 0.1) is 32.5 Å². The maximum Gasteiger partial charge on any atom is 0.407 e. The van der Waals surface area contributed by atoms with Crippen LogP contribution in [0.25, 0.3) is 0 Å². The van der Waals surface area contributed by atoms with Crippen molar-refractivity contribution in [1.82, 2.24) is 15.5 Å². The van der Waals surface area contributed by atoms with E-state index in [1.807, 2.05) is 20.9 Å². The Bertz CT molecular complexity index is 693. The molecule has 3 amide bonds. The molecule has 1 heterocycles. The fourth-order valence-corrected chi connectivity index (χ4v) is 5.68. The molecule has 1 aliphatic heterocycles. The van der Waals surface area contributed by atoms with Gasteiger partial charge in [0, 0.05) is 35.7 Å². The molecule has 0 aromatic heterocycles. The highest BCUT2D eigenvalue weighted by Crippen LogP contribution is 2.45. The van der Waals surface area contributed by atoms with Gasteiger partial charge < -0.3 is 34.5 Å². The van der Waals surface area contributed by atoms with Crippen LogP contribution in [-0.2, 0) is 18.9 Å². The third-order valence-corrected chi connectivity index (χ3v) is 7.53. The summed E-state index contributed by atoms with van der Waals surface area (Å²) in [5, 5.41) is 6.20. The van der Waals surface area contributed by atoms with E-state index in [9.17, 15) is 9.59 Å². The first-order chi connectivity index (χ1) is 16.9. The van der Waals surface area contributed by atoms with Crippen LogP contribution in [-0.4, -0.2) is 97.5 Å². The molecule has 0 aromatic rings. The van der Waals surface area contributed by atoms with E-state index < -0.39 is 6.09 Å². The molecule has 208 valence electrons. The van der Waals surface area contributed by atoms with Gasteiger partial charge >= 0.3 is 12.1 Å². The van der Waals surface area contributed by atoms with Crippen molar-refractivity contribution in [2.75, 3.05) is 46.6 Å². The van der Waals surface area contributed by atoms with E-state index in [1.165, 1.54) is 0 Å². The van der Waals surface area contributed by atoms with Gasteiger partial charge in [-0.2, -0.15) is 0 Å². The van der Waals surface area contributed by atoms with Crippen molar-refractivity contribution in [3.05, 3.63) is 0 Å². The Labute approximate surface area is 220 Å². The first kappa shape index (κ1) is 30.9. The molecule has 1 saturated heterocycles. The van der Waals surface area contributed by atoms with Crippen LogP contribution in [0.2, 0.25) is 12.6 Å². The number of carbonyl (C=O) groups excluding carboxylic acids is 2. The summed E-state index contributed by atoms with van der Waals surface area (Å²) in [7, 11) is 2.78. The predicted octanol–water partition coefficient (Wildman–Crippen LogP) is 3.71. The average molecular weight is 528 g/mol. The van der Waals surface area contributed by atoms with Crippen molar-refractivity contribution >= 4 is 21.6 Å². The van der Waals surface area contributed by atoms with Gasteiger partial charge in [-0.1, -0.05) is 33.4 Å². The number of epoxide rings is 1. The second-order valence-corrected chi connectivity index (χ2v) is 13.0. The predicted molar refractivity (Wildman–Crippen MR) is 142 cm³/mol. The number of hydrogen-bond acceptors (Lipinski definition) is 6. The second-order valence-electron chi connectivity index (χ2n) is 11.8. The molecule has 5 atom stereocenters. The van der Waals surface area contributed by atoms with Gasteiger partial charge in [0.2, 0.25) is 0 Å². The lowest BCUT2D eigenvalue weighted by Gasteiger charge is -2.47. The lowest BCUT2D eigenvalue weighted by molar-refractivity contribution is -0.0421. The molecule has 10 heteroatoms. The summed E-state index contributed by atoms with van der Waals surface area (Å²) in [6, 6.07) is 1.21. The molecule has 1 saturated carbocycles. The number of hydrogen-bond donors (Lipinski definition) is 2. The van der Waals surface area contributed by atoms with E-state index in [0.29, 0.717) is 26.4 Å². The Hall–Kier alpha value is -1.36. The van der Waals surface area contributed by atoms with Crippen LogP contribution >= 0.6 is 0 Å². The molecule has 0 aromatic carbocycles. The van der Waals surface area contributed by atoms with Crippen molar-refractivity contribution < 1.29 is 28.5 Å². The second kappa shape index (κ2) is 14.5. The van der Waals surface area contributed by atoms with Crippen LogP contribution in [0.1, 0.15) is 60.3 Å². The summed E-state index contributed by atoms with van der Waals surface area (Å²) in [5.41, 5.74) is -0.0825. The lowest BCUT2D eigenvalue weighted by atomic mass is 9.62. The minimum absolute atomic E-state index is 0.0128. The first-order valence-corrected chi connectivity index (χ1v) is 15.0. The Morgan fingerprint density at radius 1 is 1.17 bits per heavy atom. The highest BCUT2D eigenvalue weighted by atomic mass is 28.2. The summed E-state index contributed by atoms with van der Waals surface area (Å²) in [4.78, 5) is 27.0. The van der Waals surface area contributed by atoms with Gasteiger partial charge in [-0.15, -0.1) is 0 Å².